The van der Waals surface area contributed by atoms with Crippen molar-refractivity contribution in [2.24, 2.45) is 0 Å². The Labute approximate surface area is 197 Å². The SMILES string of the molecule is C=C/C(=C\C(=C/C)c1cc2c(-c3cc4cccnc4[nH]3)n[nH]c2cn1)NC(=C)c1ccccc1. The summed E-state index contributed by atoms with van der Waals surface area (Å²) in [4.78, 5) is 12.4. The molecule has 3 N–H and O–H groups in total. The Morgan fingerprint density at radius 1 is 1.06 bits per heavy atom. The van der Waals surface area contributed by atoms with Gasteiger partial charge in [0, 0.05) is 28.4 Å². The third kappa shape index (κ3) is 4.04. The molecule has 0 saturated heterocycles. The summed E-state index contributed by atoms with van der Waals surface area (Å²) in [5.41, 5.74) is 7.87. The van der Waals surface area contributed by atoms with Gasteiger partial charge >= 0.3 is 0 Å². The van der Waals surface area contributed by atoms with Crippen LogP contribution in [0.25, 0.3) is 44.6 Å². The Morgan fingerprint density at radius 2 is 1.91 bits per heavy atom. The lowest BCUT2D eigenvalue weighted by Crippen LogP contribution is -2.09. The molecular formula is C28H24N6. The molecule has 0 saturated carbocycles. The molecule has 34 heavy (non-hydrogen) atoms. The Morgan fingerprint density at radius 3 is 2.68 bits per heavy atom. The fourth-order valence-electron chi connectivity index (χ4n) is 3.87. The number of benzene rings is 1. The predicted molar refractivity (Wildman–Crippen MR) is 140 cm³/mol. The molecule has 0 fully saturated rings. The molecule has 0 bridgehead atoms. The second-order valence-corrected chi connectivity index (χ2v) is 7.83. The zero-order valence-corrected chi connectivity index (χ0v) is 18.8. The van der Waals surface area contributed by atoms with E-state index in [1.54, 1.807) is 12.3 Å². The maximum atomic E-state index is 4.66. The second-order valence-electron chi connectivity index (χ2n) is 7.83. The van der Waals surface area contributed by atoms with Gasteiger partial charge in [-0.15, -0.1) is 0 Å². The third-order valence-corrected chi connectivity index (χ3v) is 5.65. The molecule has 4 heterocycles. The molecule has 0 aliphatic heterocycles. The van der Waals surface area contributed by atoms with E-state index in [0.717, 1.165) is 61.5 Å². The minimum atomic E-state index is 0.801. The molecule has 0 spiro atoms. The first-order valence-electron chi connectivity index (χ1n) is 11.0. The summed E-state index contributed by atoms with van der Waals surface area (Å²) in [5, 5.41) is 13.0. The van der Waals surface area contributed by atoms with Gasteiger partial charge in [0.2, 0.25) is 0 Å². The number of nitrogens with zero attached hydrogens (tertiary/aromatic N) is 3. The first kappa shape index (κ1) is 21.2. The van der Waals surface area contributed by atoms with E-state index in [1.807, 2.05) is 73.8 Å². The molecule has 0 radical (unpaired) electrons. The smallest absolute Gasteiger partial charge is 0.137 e. The molecule has 0 atom stereocenters. The first-order chi connectivity index (χ1) is 16.7. The molecular weight excluding hydrogens is 420 g/mol. The normalized spacial score (nSPS) is 12.3. The van der Waals surface area contributed by atoms with Crippen molar-refractivity contribution in [2.45, 2.75) is 6.92 Å². The van der Waals surface area contributed by atoms with Gasteiger partial charge in [-0.2, -0.15) is 5.10 Å². The number of aromatic amines is 2. The summed E-state index contributed by atoms with van der Waals surface area (Å²) < 4.78 is 0. The number of H-pyrrole nitrogens is 2. The van der Waals surface area contributed by atoms with E-state index in [9.17, 15) is 0 Å². The first-order valence-corrected chi connectivity index (χ1v) is 11.0. The fraction of sp³-hybridized carbons (Fsp3) is 0.0357. The lowest BCUT2D eigenvalue weighted by molar-refractivity contribution is 1.11. The Kier molecular flexibility index (Phi) is 5.62. The van der Waals surface area contributed by atoms with Crippen molar-refractivity contribution >= 4 is 33.2 Å². The Balaban J connectivity index is 1.49. The topological polar surface area (TPSA) is 82.3 Å². The van der Waals surface area contributed by atoms with Crippen LogP contribution >= 0.6 is 0 Å². The van der Waals surface area contributed by atoms with Crippen LogP contribution in [0, 0.1) is 0 Å². The highest BCUT2D eigenvalue weighted by molar-refractivity contribution is 5.96. The molecule has 5 rings (SSSR count). The minimum absolute atomic E-state index is 0.801. The van der Waals surface area contributed by atoms with E-state index < -0.39 is 0 Å². The summed E-state index contributed by atoms with van der Waals surface area (Å²) in [6.07, 6.45) is 9.40. The maximum Gasteiger partial charge on any atom is 0.137 e. The van der Waals surface area contributed by atoms with Crippen LogP contribution in [0.2, 0.25) is 0 Å². The van der Waals surface area contributed by atoms with Gasteiger partial charge < -0.3 is 10.3 Å². The van der Waals surface area contributed by atoms with Gasteiger partial charge in [0.25, 0.3) is 0 Å². The van der Waals surface area contributed by atoms with Gasteiger partial charge in [-0.1, -0.05) is 49.6 Å². The number of hydrogen-bond donors (Lipinski definition) is 3. The van der Waals surface area contributed by atoms with Crippen molar-refractivity contribution in [3.63, 3.8) is 0 Å². The molecule has 166 valence electrons. The molecule has 6 heteroatoms. The number of pyridine rings is 2. The number of fused-ring (bicyclic) bond motifs is 2. The van der Waals surface area contributed by atoms with Gasteiger partial charge in [0.15, 0.2) is 0 Å². The lowest BCUT2D eigenvalue weighted by atomic mass is 10.1. The summed E-state index contributed by atoms with van der Waals surface area (Å²) in [7, 11) is 0. The summed E-state index contributed by atoms with van der Waals surface area (Å²) in [6, 6.07) is 18.0. The molecule has 0 unspecified atom stereocenters. The summed E-state index contributed by atoms with van der Waals surface area (Å²) in [5.74, 6) is 0. The second kappa shape index (κ2) is 9.03. The minimum Gasteiger partial charge on any atom is -0.356 e. The number of nitrogens with one attached hydrogen (secondary N) is 3. The Hall–Kier alpha value is -4.71. The quantitative estimate of drug-likeness (QED) is 0.260. The molecule has 1 aromatic carbocycles. The standard InChI is InChI=1S/C28H24N6/c1-4-19(14-22(5-2)31-18(3)20-10-7-6-8-11-20)24-16-23-26(17-30-24)33-34-27(23)25-15-21-12-9-13-29-28(21)32-25/h4-17,31H,2-3H2,1H3,(H,29,32)(H,33,34)/b19-4+,22-14+. The molecule has 4 aromatic heterocycles. The fourth-order valence-corrected chi connectivity index (χ4v) is 3.87. The average molecular weight is 445 g/mol. The van der Waals surface area contributed by atoms with Gasteiger partial charge in [0.05, 0.1) is 23.1 Å². The highest BCUT2D eigenvalue weighted by Gasteiger charge is 2.13. The summed E-state index contributed by atoms with van der Waals surface area (Å²) >= 11 is 0. The molecule has 5 aromatic rings. The van der Waals surface area contributed by atoms with Crippen molar-refractivity contribution < 1.29 is 0 Å². The number of hydrogen-bond acceptors (Lipinski definition) is 4. The van der Waals surface area contributed by atoms with Crippen LogP contribution in [0.1, 0.15) is 18.2 Å². The van der Waals surface area contributed by atoms with E-state index in [2.05, 4.69) is 49.7 Å². The monoisotopic (exact) mass is 444 g/mol. The van der Waals surface area contributed by atoms with Crippen LogP contribution in [0.4, 0.5) is 0 Å². The van der Waals surface area contributed by atoms with Crippen molar-refractivity contribution in [1.82, 2.24) is 30.5 Å². The van der Waals surface area contributed by atoms with Crippen LogP contribution in [0.5, 0.6) is 0 Å². The highest BCUT2D eigenvalue weighted by atomic mass is 15.1. The van der Waals surface area contributed by atoms with Crippen molar-refractivity contribution in [3.8, 4) is 11.4 Å². The third-order valence-electron chi connectivity index (χ3n) is 5.65. The van der Waals surface area contributed by atoms with Gasteiger partial charge in [-0.25, -0.2) is 4.98 Å². The van der Waals surface area contributed by atoms with Crippen LogP contribution < -0.4 is 5.32 Å². The van der Waals surface area contributed by atoms with E-state index in [4.69, 9.17) is 0 Å². The molecule has 6 nitrogen and oxygen atoms in total. The zero-order valence-electron chi connectivity index (χ0n) is 18.8. The molecule has 0 aliphatic carbocycles. The number of allylic oxidation sites excluding steroid dienone is 4. The highest BCUT2D eigenvalue weighted by Crippen LogP contribution is 2.29. The van der Waals surface area contributed by atoms with Gasteiger partial charge in [-0.05, 0) is 54.5 Å². The van der Waals surface area contributed by atoms with Crippen molar-refractivity contribution in [3.05, 3.63) is 115 Å². The summed E-state index contributed by atoms with van der Waals surface area (Å²) in [6.45, 7) is 10.1. The van der Waals surface area contributed by atoms with E-state index in [-0.39, 0.29) is 0 Å². The van der Waals surface area contributed by atoms with Crippen LogP contribution in [-0.2, 0) is 0 Å². The lowest BCUT2D eigenvalue weighted by Gasteiger charge is -2.12. The number of aromatic nitrogens is 5. The van der Waals surface area contributed by atoms with Gasteiger partial charge in [-0.3, -0.25) is 10.1 Å². The van der Waals surface area contributed by atoms with Crippen molar-refractivity contribution in [1.29, 1.82) is 0 Å². The largest absolute Gasteiger partial charge is 0.356 e. The predicted octanol–water partition coefficient (Wildman–Crippen LogP) is 6.23. The van der Waals surface area contributed by atoms with E-state index in [0.29, 0.717) is 0 Å². The van der Waals surface area contributed by atoms with Gasteiger partial charge in [0.1, 0.15) is 11.3 Å². The average Bonchev–Trinajstić information content (AvgIpc) is 3.50. The maximum absolute atomic E-state index is 4.66. The molecule has 0 aliphatic rings. The van der Waals surface area contributed by atoms with Crippen LogP contribution in [0.3, 0.4) is 0 Å². The van der Waals surface area contributed by atoms with Crippen LogP contribution in [-0.4, -0.2) is 25.1 Å². The number of rotatable bonds is 7. The van der Waals surface area contributed by atoms with Crippen molar-refractivity contribution in [2.75, 3.05) is 0 Å². The molecule has 0 amide bonds. The zero-order chi connectivity index (χ0) is 23.5. The Bertz CT molecular complexity index is 1530. The van der Waals surface area contributed by atoms with E-state index >= 15 is 0 Å². The van der Waals surface area contributed by atoms with Crippen LogP contribution in [0.15, 0.2) is 104 Å². The van der Waals surface area contributed by atoms with E-state index in [1.165, 1.54) is 0 Å².